The summed E-state index contributed by atoms with van der Waals surface area (Å²) in [5.41, 5.74) is 1.08. The monoisotopic (exact) mass is 273 g/mol. The second kappa shape index (κ2) is 6.05. The maximum Gasteiger partial charge on any atom is 0.0724 e. The van der Waals surface area contributed by atoms with Crippen LogP contribution in [0.2, 0.25) is 10.0 Å². The van der Waals surface area contributed by atoms with Gasteiger partial charge in [-0.2, -0.15) is 0 Å². The first-order chi connectivity index (χ1) is 8.20. The third-order valence-corrected chi connectivity index (χ3v) is 3.91. The molecule has 1 fully saturated rings. The van der Waals surface area contributed by atoms with Gasteiger partial charge in [-0.05, 0) is 37.0 Å². The smallest absolute Gasteiger partial charge is 0.0724 e. The molecule has 2 atom stereocenters. The Morgan fingerprint density at radius 2 is 2.18 bits per heavy atom. The van der Waals surface area contributed by atoms with Crippen LogP contribution in [0.25, 0.3) is 0 Å². The largest absolute Gasteiger partial charge is 0.380 e. The Hall–Kier alpha value is -0.280. The first kappa shape index (κ1) is 13.2. The number of methoxy groups -OCH3 is 1. The van der Waals surface area contributed by atoms with Crippen molar-refractivity contribution in [2.24, 2.45) is 0 Å². The van der Waals surface area contributed by atoms with Crippen molar-refractivity contribution in [3.8, 4) is 0 Å². The normalized spacial score (nSPS) is 24.2. The minimum absolute atomic E-state index is 0.334. The zero-order chi connectivity index (χ0) is 12.3. The van der Waals surface area contributed by atoms with E-state index in [9.17, 15) is 0 Å². The van der Waals surface area contributed by atoms with Crippen LogP contribution in [0.3, 0.4) is 0 Å². The van der Waals surface area contributed by atoms with Crippen molar-refractivity contribution in [3.05, 3.63) is 33.8 Å². The molecular formula is C13H17Cl2NO. The zero-order valence-electron chi connectivity index (χ0n) is 9.88. The highest BCUT2D eigenvalue weighted by Gasteiger charge is 2.26. The molecule has 0 spiro atoms. The van der Waals surface area contributed by atoms with Gasteiger partial charge in [0.1, 0.15) is 0 Å². The molecule has 17 heavy (non-hydrogen) atoms. The van der Waals surface area contributed by atoms with Crippen LogP contribution in [0.15, 0.2) is 18.2 Å². The predicted molar refractivity (Wildman–Crippen MR) is 71.7 cm³/mol. The first-order valence-corrected chi connectivity index (χ1v) is 6.66. The standard InChI is InChI=1S/C13H17Cl2NO/c1-17-13-4-2-3-12(13)16-8-9-5-6-10(14)7-11(9)15/h5-7,12-13,16H,2-4,8H2,1H3. The molecular weight excluding hydrogens is 257 g/mol. The van der Waals surface area contributed by atoms with Crippen molar-refractivity contribution in [2.75, 3.05) is 7.11 Å². The van der Waals surface area contributed by atoms with Gasteiger partial charge in [-0.15, -0.1) is 0 Å². The van der Waals surface area contributed by atoms with Gasteiger partial charge in [-0.1, -0.05) is 29.3 Å². The lowest BCUT2D eigenvalue weighted by Gasteiger charge is -2.20. The van der Waals surface area contributed by atoms with Gasteiger partial charge < -0.3 is 10.1 Å². The Kier molecular flexibility index (Phi) is 4.69. The lowest BCUT2D eigenvalue weighted by molar-refractivity contribution is 0.0847. The number of ether oxygens (including phenoxy) is 1. The Morgan fingerprint density at radius 3 is 2.88 bits per heavy atom. The highest BCUT2D eigenvalue weighted by molar-refractivity contribution is 6.35. The summed E-state index contributed by atoms with van der Waals surface area (Å²) in [5, 5.41) is 4.90. The van der Waals surface area contributed by atoms with Crippen LogP contribution < -0.4 is 5.32 Å². The van der Waals surface area contributed by atoms with Crippen LogP contribution in [-0.4, -0.2) is 19.3 Å². The van der Waals surface area contributed by atoms with Crippen LogP contribution in [0.5, 0.6) is 0 Å². The number of hydrogen-bond donors (Lipinski definition) is 1. The highest BCUT2D eigenvalue weighted by atomic mass is 35.5. The maximum atomic E-state index is 6.13. The number of hydrogen-bond acceptors (Lipinski definition) is 2. The summed E-state index contributed by atoms with van der Waals surface area (Å²) in [7, 11) is 1.78. The minimum atomic E-state index is 0.334. The van der Waals surface area contributed by atoms with Gasteiger partial charge in [-0.3, -0.25) is 0 Å². The van der Waals surface area contributed by atoms with Gasteiger partial charge in [0.2, 0.25) is 0 Å². The molecule has 2 unspecified atom stereocenters. The summed E-state index contributed by atoms with van der Waals surface area (Å²) in [6.07, 6.45) is 3.87. The van der Waals surface area contributed by atoms with Crippen molar-refractivity contribution in [3.63, 3.8) is 0 Å². The van der Waals surface area contributed by atoms with Crippen LogP contribution in [0.1, 0.15) is 24.8 Å². The summed E-state index contributed by atoms with van der Waals surface area (Å²) in [6.45, 7) is 0.764. The molecule has 4 heteroatoms. The fourth-order valence-corrected chi connectivity index (χ4v) is 2.82. The maximum absolute atomic E-state index is 6.13. The number of benzene rings is 1. The van der Waals surface area contributed by atoms with E-state index in [0.717, 1.165) is 23.6 Å². The van der Waals surface area contributed by atoms with Crippen molar-refractivity contribution in [1.82, 2.24) is 5.32 Å². The molecule has 1 saturated carbocycles. The van der Waals surface area contributed by atoms with E-state index in [1.807, 2.05) is 12.1 Å². The molecule has 1 aromatic carbocycles. The number of rotatable bonds is 4. The second-order valence-corrected chi connectivity index (χ2v) is 5.27. The average Bonchev–Trinajstić information content (AvgIpc) is 2.75. The average molecular weight is 274 g/mol. The van der Waals surface area contributed by atoms with E-state index in [2.05, 4.69) is 5.32 Å². The minimum Gasteiger partial charge on any atom is -0.380 e. The topological polar surface area (TPSA) is 21.3 Å². The number of halogens is 2. The second-order valence-electron chi connectivity index (χ2n) is 4.43. The quantitative estimate of drug-likeness (QED) is 0.904. The van der Waals surface area contributed by atoms with Gasteiger partial charge in [-0.25, -0.2) is 0 Å². The number of nitrogens with one attached hydrogen (secondary N) is 1. The van der Waals surface area contributed by atoms with E-state index >= 15 is 0 Å². The summed E-state index contributed by atoms with van der Waals surface area (Å²) < 4.78 is 5.44. The van der Waals surface area contributed by atoms with Crippen molar-refractivity contribution < 1.29 is 4.74 Å². The molecule has 0 bridgehead atoms. The van der Waals surface area contributed by atoms with Crippen LogP contribution >= 0.6 is 23.2 Å². The molecule has 0 radical (unpaired) electrons. The summed E-state index contributed by atoms with van der Waals surface area (Å²) in [4.78, 5) is 0. The Morgan fingerprint density at radius 1 is 1.35 bits per heavy atom. The van der Waals surface area contributed by atoms with Gasteiger partial charge in [0, 0.05) is 29.7 Å². The summed E-state index contributed by atoms with van der Waals surface area (Å²) in [5.74, 6) is 0. The lowest BCUT2D eigenvalue weighted by Crippen LogP contribution is -2.36. The van der Waals surface area contributed by atoms with Crippen molar-refractivity contribution in [2.45, 2.75) is 38.0 Å². The van der Waals surface area contributed by atoms with Crippen molar-refractivity contribution >= 4 is 23.2 Å². The Bertz CT molecular complexity index is 384. The first-order valence-electron chi connectivity index (χ1n) is 5.91. The molecule has 94 valence electrons. The zero-order valence-corrected chi connectivity index (χ0v) is 11.4. The molecule has 1 aliphatic rings. The molecule has 1 N–H and O–H groups in total. The van der Waals surface area contributed by atoms with E-state index in [1.54, 1.807) is 13.2 Å². The fourth-order valence-electron chi connectivity index (χ4n) is 2.35. The fraction of sp³-hybridized carbons (Fsp3) is 0.538. The van der Waals surface area contributed by atoms with Gasteiger partial charge >= 0.3 is 0 Å². The SMILES string of the molecule is COC1CCCC1NCc1ccc(Cl)cc1Cl. The predicted octanol–water partition coefficient (Wildman–Crippen LogP) is 3.65. The molecule has 1 aromatic rings. The van der Waals surface area contributed by atoms with Crippen LogP contribution in [0.4, 0.5) is 0 Å². The van der Waals surface area contributed by atoms with Gasteiger partial charge in [0.25, 0.3) is 0 Å². The molecule has 0 saturated heterocycles. The van der Waals surface area contributed by atoms with E-state index < -0.39 is 0 Å². The third kappa shape index (κ3) is 3.35. The van der Waals surface area contributed by atoms with E-state index in [-0.39, 0.29) is 0 Å². The molecule has 0 amide bonds. The van der Waals surface area contributed by atoms with E-state index in [1.165, 1.54) is 12.8 Å². The van der Waals surface area contributed by atoms with Crippen LogP contribution in [-0.2, 0) is 11.3 Å². The van der Waals surface area contributed by atoms with Crippen LogP contribution in [0, 0.1) is 0 Å². The molecule has 0 heterocycles. The molecule has 1 aliphatic carbocycles. The summed E-state index contributed by atoms with van der Waals surface area (Å²) in [6, 6.07) is 6.05. The Balaban J connectivity index is 1.93. The van der Waals surface area contributed by atoms with E-state index in [0.29, 0.717) is 17.2 Å². The highest BCUT2D eigenvalue weighted by Crippen LogP contribution is 2.24. The van der Waals surface area contributed by atoms with E-state index in [4.69, 9.17) is 27.9 Å². The lowest BCUT2D eigenvalue weighted by atomic mass is 10.1. The van der Waals surface area contributed by atoms with Crippen molar-refractivity contribution in [1.29, 1.82) is 0 Å². The van der Waals surface area contributed by atoms with Gasteiger partial charge in [0.05, 0.1) is 6.10 Å². The molecule has 0 aliphatic heterocycles. The molecule has 2 nitrogen and oxygen atoms in total. The summed E-state index contributed by atoms with van der Waals surface area (Å²) >= 11 is 12.0. The molecule has 2 rings (SSSR count). The third-order valence-electron chi connectivity index (χ3n) is 3.33. The van der Waals surface area contributed by atoms with Gasteiger partial charge in [0.15, 0.2) is 0 Å². The Labute approximate surface area is 112 Å². The molecule has 0 aromatic heterocycles.